The molecular weight excluding hydrogens is 260 g/mol. The fourth-order valence-electron chi connectivity index (χ4n) is 2.60. The van der Waals surface area contributed by atoms with Crippen LogP contribution in [0.3, 0.4) is 0 Å². The molecule has 0 saturated heterocycles. The summed E-state index contributed by atoms with van der Waals surface area (Å²) < 4.78 is 6.00. The third-order valence-corrected chi connectivity index (χ3v) is 3.69. The maximum Gasteiger partial charge on any atom is 0.227 e. The summed E-state index contributed by atoms with van der Waals surface area (Å²) in [6.45, 7) is 4.00. The summed E-state index contributed by atoms with van der Waals surface area (Å²) in [4.78, 5) is 8.98. The van der Waals surface area contributed by atoms with Crippen LogP contribution in [0.25, 0.3) is 33.3 Å². The van der Waals surface area contributed by atoms with Gasteiger partial charge in [0, 0.05) is 28.2 Å². The number of rotatable bonds is 1. The van der Waals surface area contributed by atoms with Crippen LogP contribution in [-0.2, 0) is 0 Å². The third kappa shape index (κ3) is 1.89. The lowest BCUT2D eigenvalue weighted by Crippen LogP contribution is -1.84. The fraction of sp³-hybridized carbons (Fsp3) is 0.111. The van der Waals surface area contributed by atoms with Gasteiger partial charge in [-0.15, -0.1) is 0 Å². The Hall–Kier alpha value is -2.68. The van der Waals surface area contributed by atoms with E-state index in [4.69, 9.17) is 4.42 Å². The molecule has 0 atom stereocenters. The summed E-state index contributed by atoms with van der Waals surface area (Å²) in [5.41, 5.74) is 5.56. The van der Waals surface area contributed by atoms with E-state index in [1.54, 1.807) is 0 Å². The van der Waals surface area contributed by atoms with Gasteiger partial charge < -0.3 is 4.42 Å². The zero-order valence-corrected chi connectivity index (χ0v) is 11.9. The van der Waals surface area contributed by atoms with Crippen LogP contribution in [0.15, 0.2) is 53.1 Å². The summed E-state index contributed by atoms with van der Waals surface area (Å²) in [5.74, 6) is 0. The first-order chi connectivity index (χ1) is 10.2. The van der Waals surface area contributed by atoms with Crippen LogP contribution in [0.5, 0.6) is 0 Å². The number of hydrogen-bond acceptors (Lipinski definition) is 3. The van der Waals surface area contributed by atoms with E-state index in [-0.39, 0.29) is 0 Å². The van der Waals surface area contributed by atoms with Gasteiger partial charge in [0.15, 0.2) is 0 Å². The molecule has 0 aliphatic heterocycles. The number of pyridine rings is 2. The highest BCUT2D eigenvalue weighted by atomic mass is 16.3. The summed E-state index contributed by atoms with van der Waals surface area (Å²) in [6.07, 6.45) is 1.87. The second kappa shape index (κ2) is 4.42. The molecule has 102 valence electrons. The number of aryl methyl sites for hydroxylation is 2. The van der Waals surface area contributed by atoms with Crippen LogP contribution < -0.4 is 0 Å². The monoisotopic (exact) mass is 274 g/mol. The van der Waals surface area contributed by atoms with Crippen LogP contribution in [0.2, 0.25) is 0 Å². The number of hydrogen-bond donors (Lipinski definition) is 0. The van der Waals surface area contributed by atoms with Gasteiger partial charge in [-0.3, -0.25) is 4.98 Å². The lowest BCUT2D eigenvalue weighted by atomic mass is 10.1. The Morgan fingerprint density at radius 3 is 2.62 bits per heavy atom. The van der Waals surface area contributed by atoms with Gasteiger partial charge in [0.2, 0.25) is 5.71 Å². The number of nitrogens with zero attached hydrogens (tertiary/aromatic N) is 2. The first kappa shape index (κ1) is 12.1. The quantitative estimate of drug-likeness (QED) is 0.506. The lowest BCUT2D eigenvalue weighted by molar-refractivity contribution is 0.653. The van der Waals surface area contributed by atoms with Crippen LogP contribution in [0.4, 0.5) is 0 Å². The SMILES string of the molecule is Cc1ccc(-c2cccc3c2oc2nc(C)ccc23)nc1. The Balaban J connectivity index is 2.06. The second-order valence-corrected chi connectivity index (χ2v) is 5.31. The molecule has 0 amide bonds. The molecule has 4 rings (SSSR count). The number of benzene rings is 1. The van der Waals surface area contributed by atoms with Gasteiger partial charge in [-0.1, -0.05) is 18.2 Å². The number of para-hydroxylation sites is 1. The van der Waals surface area contributed by atoms with Crippen molar-refractivity contribution in [3.63, 3.8) is 0 Å². The third-order valence-electron chi connectivity index (χ3n) is 3.69. The highest BCUT2D eigenvalue weighted by Gasteiger charge is 2.13. The van der Waals surface area contributed by atoms with Crippen LogP contribution >= 0.6 is 0 Å². The minimum Gasteiger partial charge on any atom is -0.437 e. The predicted molar refractivity (Wildman–Crippen MR) is 84.2 cm³/mol. The summed E-state index contributed by atoms with van der Waals surface area (Å²) >= 11 is 0. The van der Waals surface area contributed by atoms with Gasteiger partial charge in [-0.05, 0) is 43.7 Å². The Labute approximate surface area is 122 Å². The predicted octanol–water partition coefficient (Wildman–Crippen LogP) is 4.66. The molecule has 1 aromatic carbocycles. The zero-order valence-electron chi connectivity index (χ0n) is 11.9. The number of furan rings is 1. The van der Waals surface area contributed by atoms with Crippen molar-refractivity contribution in [2.45, 2.75) is 13.8 Å². The molecule has 0 spiro atoms. The summed E-state index contributed by atoms with van der Waals surface area (Å²) in [6, 6.07) is 14.3. The average molecular weight is 274 g/mol. The Morgan fingerprint density at radius 1 is 0.905 bits per heavy atom. The molecule has 3 heterocycles. The van der Waals surface area contributed by atoms with E-state index in [9.17, 15) is 0 Å². The molecule has 0 N–H and O–H groups in total. The van der Waals surface area contributed by atoms with E-state index in [1.807, 2.05) is 44.3 Å². The normalized spacial score (nSPS) is 11.3. The summed E-state index contributed by atoms with van der Waals surface area (Å²) in [7, 11) is 0. The molecular formula is C18H14N2O. The Bertz CT molecular complexity index is 952. The largest absolute Gasteiger partial charge is 0.437 e. The maximum atomic E-state index is 6.00. The standard InChI is InChI=1S/C18H14N2O/c1-11-6-9-16(19-10-11)15-5-3-4-13-14-8-7-12(2)20-18(14)21-17(13)15/h3-10H,1-2H3. The fourth-order valence-corrected chi connectivity index (χ4v) is 2.60. The maximum absolute atomic E-state index is 6.00. The van der Waals surface area contributed by atoms with Crippen molar-refractivity contribution in [1.29, 1.82) is 0 Å². The number of aromatic nitrogens is 2. The van der Waals surface area contributed by atoms with Crippen molar-refractivity contribution >= 4 is 22.1 Å². The first-order valence-corrected chi connectivity index (χ1v) is 6.94. The molecule has 3 heteroatoms. The van der Waals surface area contributed by atoms with Gasteiger partial charge in [0.25, 0.3) is 0 Å². The average Bonchev–Trinajstić information content (AvgIpc) is 2.85. The highest BCUT2D eigenvalue weighted by Crippen LogP contribution is 2.34. The zero-order chi connectivity index (χ0) is 14.4. The van der Waals surface area contributed by atoms with E-state index in [2.05, 4.69) is 28.2 Å². The molecule has 0 aliphatic carbocycles. The molecule has 3 nitrogen and oxygen atoms in total. The minimum atomic E-state index is 0.685. The molecule has 4 aromatic rings. The molecule has 3 aromatic heterocycles. The van der Waals surface area contributed by atoms with Gasteiger partial charge in [0.1, 0.15) is 5.58 Å². The van der Waals surface area contributed by atoms with Gasteiger partial charge in [-0.2, -0.15) is 0 Å². The summed E-state index contributed by atoms with van der Waals surface area (Å²) in [5, 5.41) is 2.13. The van der Waals surface area contributed by atoms with Crippen LogP contribution in [-0.4, -0.2) is 9.97 Å². The van der Waals surface area contributed by atoms with Crippen molar-refractivity contribution in [3.05, 3.63) is 59.9 Å². The van der Waals surface area contributed by atoms with Gasteiger partial charge in [-0.25, -0.2) is 4.98 Å². The van der Waals surface area contributed by atoms with Crippen molar-refractivity contribution in [1.82, 2.24) is 9.97 Å². The van der Waals surface area contributed by atoms with Crippen molar-refractivity contribution in [2.75, 3.05) is 0 Å². The topological polar surface area (TPSA) is 38.9 Å². The molecule has 0 aliphatic rings. The van der Waals surface area contributed by atoms with E-state index < -0.39 is 0 Å². The van der Waals surface area contributed by atoms with Crippen molar-refractivity contribution in [3.8, 4) is 11.3 Å². The van der Waals surface area contributed by atoms with Crippen molar-refractivity contribution < 1.29 is 4.42 Å². The van der Waals surface area contributed by atoms with Crippen molar-refractivity contribution in [2.24, 2.45) is 0 Å². The van der Waals surface area contributed by atoms with Crippen LogP contribution in [0, 0.1) is 13.8 Å². The molecule has 0 unspecified atom stereocenters. The van der Waals surface area contributed by atoms with E-state index >= 15 is 0 Å². The minimum absolute atomic E-state index is 0.685. The van der Waals surface area contributed by atoms with E-state index in [0.717, 1.165) is 38.9 Å². The number of fused-ring (bicyclic) bond motifs is 3. The first-order valence-electron chi connectivity index (χ1n) is 6.94. The van der Waals surface area contributed by atoms with E-state index in [1.165, 1.54) is 0 Å². The molecule has 0 saturated carbocycles. The molecule has 0 fully saturated rings. The molecule has 0 bridgehead atoms. The second-order valence-electron chi connectivity index (χ2n) is 5.31. The van der Waals surface area contributed by atoms with Gasteiger partial charge in [0.05, 0.1) is 5.69 Å². The molecule has 21 heavy (non-hydrogen) atoms. The highest BCUT2D eigenvalue weighted by molar-refractivity contribution is 6.08. The smallest absolute Gasteiger partial charge is 0.227 e. The van der Waals surface area contributed by atoms with Gasteiger partial charge >= 0.3 is 0 Å². The van der Waals surface area contributed by atoms with Crippen LogP contribution in [0.1, 0.15) is 11.3 Å². The van der Waals surface area contributed by atoms with E-state index in [0.29, 0.717) is 5.71 Å². The lowest BCUT2D eigenvalue weighted by Gasteiger charge is -2.01. The molecule has 0 radical (unpaired) electrons. The Kier molecular flexibility index (Phi) is 2.54. The Morgan fingerprint density at radius 2 is 1.81 bits per heavy atom.